The summed E-state index contributed by atoms with van der Waals surface area (Å²) in [6.07, 6.45) is 3.08. The molecule has 2 aromatic rings. The number of halogens is 3. The van der Waals surface area contributed by atoms with Gasteiger partial charge in [-0.25, -0.2) is 9.37 Å². The zero-order chi connectivity index (χ0) is 19.6. The highest BCUT2D eigenvalue weighted by atomic mass is 35.5. The molecule has 0 saturated carbocycles. The first-order valence-electron chi connectivity index (χ1n) is 8.64. The number of likely N-dealkylation sites (N-methyl/N-ethyl adjacent to an activating group) is 1. The van der Waals surface area contributed by atoms with Gasteiger partial charge in [-0.15, -0.1) is 0 Å². The predicted octanol–water partition coefficient (Wildman–Crippen LogP) is 4.58. The van der Waals surface area contributed by atoms with E-state index in [1.165, 1.54) is 6.07 Å². The fourth-order valence-electron chi connectivity index (χ4n) is 2.16. The van der Waals surface area contributed by atoms with E-state index in [0.717, 1.165) is 55.4 Å². The molecule has 1 aromatic heterocycles. The van der Waals surface area contributed by atoms with Crippen molar-refractivity contribution in [2.75, 3.05) is 36.7 Å². The van der Waals surface area contributed by atoms with Gasteiger partial charge >= 0.3 is 0 Å². The van der Waals surface area contributed by atoms with Gasteiger partial charge in [0.25, 0.3) is 0 Å². The highest BCUT2D eigenvalue weighted by Gasteiger charge is 2.10. The van der Waals surface area contributed by atoms with E-state index in [0.29, 0.717) is 33.3 Å². The number of nitrogens with one attached hydrogen (secondary N) is 4. The number of hydrogen-bond donors (Lipinski definition) is 4. The van der Waals surface area contributed by atoms with Crippen LogP contribution in [0.4, 0.5) is 19.6 Å². The normalized spacial score (nSPS) is 12.2. The summed E-state index contributed by atoms with van der Waals surface area (Å²) in [4.78, 5) is 4.14. The summed E-state index contributed by atoms with van der Waals surface area (Å²) in [6, 6.07) is 3.37. The average molecular weight is 436 g/mol. The minimum Gasteiger partial charge on any atom is -0.384 e. The van der Waals surface area contributed by atoms with Gasteiger partial charge in [-0.2, -0.15) is 4.39 Å². The summed E-state index contributed by atoms with van der Waals surface area (Å²) in [5, 5.41) is 10.1. The molecule has 5 nitrogen and oxygen atoms in total. The molecule has 0 fully saturated rings. The molecular weight excluding hydrogens is 412 g/mol. The number of unbranched alkanes of at least 4 members (excludes halogenated alkanes) is 1. The first-order valence-corrected chi connectivity index (χ1v) is 10.7. The molecule has 0 bridgehead atoms. The Bertz CT molecular complexity index is 717. The van der Waals surface area contributed by atoms with E-state index >= 15 is 0 Å². The zero-order valence-corrected chi connectivity index (χ0v) is 17.6. The van der Waals surface area contributed by atoms with Crippen LogP contribution in [0.15, 0.2) is 23.2 Å². The lowest BCUT2D eigenvalue weighted by atomic mass is 10.2. The zero-order valence-electron chi connectivity index (χ0n) is 15.2. The van der Waals surface area contributed by atoms with Crippen LogP contribution in [0.2, 0.25) is 5.02 Å². The third-order valence-corrected chi connectivity index (χ3v) is 5.76. The van der Waals surface area contributed by atoms with Crippen LogP contribution in [-0.2, 0) is 0 Å². The smallest absolute Gasteiger partial charge is 0.198 e. The van der Waals surface area contributed by atoms with Gasteiger partial charge in [0.15, 0.2) is 10.3 Å². The molecule has 1 heterocycles. The largest absolute Gasteiger partial charge is 0.384 e. The molecule has 0 radical (unpaired) electrons. The average Bonchev–Trinajstić information content (AvgIpc) is 3.07. The second-order valence-electron chi connectivity index (χ2n) is 5.96. The van der Waals surface area contributed by atoms with Crippen LogP contribution in [0.25, 0.3) is 0 Å². The lowest BCUT2D eigenvalue weighted by Gasteiger charge is -2.12. The molecule has 1 aromatic carbocycles. The van der Waals surface area contributed by atoms with Gasteiger partial charge < -0.3 is 20.7 Å². The van der Waals surface area contributed by atoms with Crippen molar-refractivity contribution in [3.05, 3.63) is 34.3 Å². The van der Waals surface area contributed by atoms with Gasteiger partial charge in [0.1, 0.15) is 5.82 Å². The van der Waals surface area contributed by atoms with Crippen LogP contribution < -0.4 is 20.7 Å². The first kappa shape index (κ1) is 22.2. The Morgan fingerprint density at radius 2 is 2.04 bits per heavy atom. The quantitative estimate of drug-likeness (QED) is 0.289. The monoisotopic (exact) mass is 435 g/mol. The second-order valence-corrected chi connectivity index (χ2v) is 8.20. The number of aromatic nitrogens is 1. The van der Waals surface area contributed by atoms with Crippen molar-refractivity contribution in [2.45, 2.75) is 30.7 Å². The molecule has 0 unspecified atom stereocenters. The molecule has 0 spiro atoms. The standard InChI is InChI=1S/C17H24ClF2N5S2/c1-11(21-2)9-22-5-3-4-6-23-14-8-13(19)15(7-12(14)18)27-25-17-24-10-16(20)26-17/h7-8,10-11,21-23H,3-6,9H2,1-2H3,(H,24,25)/t11-/m1/s1. The molecule has 0 aliphatic rings. The first-order chi connectivity index (χ1) is 13.0. The summed E-state index contributed by atoms with van der Waals surface area (Å²) >= 11 is 8.10. The van der Waals surface area contributed by atoms with E-state index in [4.69, 9.17) is 11.6 Å². The Labute approximate surface area is 171 Å². The highest BCUT2D eigenvalue weighted by molar-refractivity contribution is 8.00. The van der Waals surface area contributed by atoms with E-state index in [-0.39, 0.29) is 0 Å². The molecule has 2 rings (SSSR count). The van der Waals surface area contributed by atoms with Crippen molar-refractivity contribution < 1.29 is 8.78 Å². The van der Waals surface area contributed by atoms with Crippen LogP contribution >= 0.6 is 34.9 Å². The fourth-order valence-corrected chi connectivity index (χ4v) is 3.73. The van der Waals surface area contributed by atoms with Crippen LogP contribution in [0.3, 0.4) is 0 Å². The number of rotatable bonds is 12. The number of anilines is 2. The van der Waals surface area contributed by atoms with Gasteiger partial charge in [0.2, 0.25) is 0 Å². The topological polar surface area (TPSA) is 61.0 Å². The van der Waals surface area contributed by atoms with Crippen molar-refractivity contribution in [1.29, 1.82) is 0 Å². The van der Waals surface area contributed by atoms with Crippen LogP contribution in [0.1, 0.15) is 19.8 Å². The molecule has 0 saturated heterocycles. The molecular formula is C17H24ClF2N5S2. The third kappa shape index (κ3) is 7.79. The van der Waals surface area contributed by atoms with Crippen LogP contribution in [0, 0.1) is 10.9 Å². The molecule has 27 heavy (non-hydrogen) atoms. The number of thiazole rings is 1. The number of nitrogens with zero attached hydrogens (tertiary/aromatic N) is 1. The van der Waals surface area contributed by atoms with E-state index in [2.05, 4.69) is 32.6 Å². The number of benzene rings is 1. The van der Waals surface area contributed by atoms with Crippen molar-refractivity contribution in [3.63, 3.8) is 0 Å². The van der Waals surface area contributed by atoms with Crippen molar-refractivity contribution in [1.82, 2.24) is 15.6 Å². The lowest BCUT2D eigenvalue weighted by molar-refractivity contribution is 0.530. The summed E-state index contributed by atoms with van der Waals surface area (Å²) in [6.45, 7) is 4.71. The van der Waals surface area contributed by atoms with E-state index in [9.17, 15) is 8.78 Å². The SMILES string of the molecule is CN[C@H](C)CNCCCCNc1cc(F)c(SNc2ncc(F)s2)cc1Cl. The minimum atomic E-state index is -0.404. The Kier molecular flexibility index (Phi) is 9.57. The predicted molar refractivity (Wildman–Crippen MR) is 112 cm³/mol. The minimum absolute atomic E-state index is 0.323. The van der Waals surface area contributed by atoms with Gasteiger partial charge in [-0.3, -0.25) is 0 Å². The highest BCUT2D eigenvalue weighted by Crippen LogP contribution is 2.32. The Balaban J connectivity index is 1.73. The van der Waals surface area contributed by atoms with Gasteiger partial charge in [0, 0.05) is 19.1 Å². The molecule has 4 N–H and O–H groups in total. The second kappa shape index (κ2) is 11.7. The summed E-state index contributed by atoms with van der Waals surface area (Å²) in [7, 11) is 1.94. The maximum absolute atomic E-state index is 14.3. The Morgan fingerprint density at radius 3 is 2.74 bits per heavy atom. The van der Waals surface area contributed by atoms with Crippen LogP contribution in [-0.4, -0.2) is 37.7 Å². The van der Waals surface area contributed by atoms with E-state index in [1.54, 1.807) is 6.07 Å². The third-order valence-electron chi connectivity index (χ3n) is 3.79. The maximum atomic E-state index is 14.3. The van der Waals surface area contributed by atoms with Crippen molar-refractivity contribution in [3.8, 4) is 0 Å². The molecule has 0 amide bonds. The van der Waals surface area contributed by atoms with Gasteiger partial charge in [-0.05, 0) is 57.4 Å². The molecule has 0 aliphatic carbocycles. The van der Waals surface area contributed by atoms with Gasteiger partial charge in [-0.1, -0.05) is 22.9 Å². The van der Waals surface area contributed by atoms with E-state index in [1.807, 2.05) is 7.05 Å². The summed E-state index contributed by atoms with van der Waals surface area (Å²) in [5.74, 6) is -0.404. The fraction of sp³-hybridized carbons (Fsp3) is 0.471. The van der Waals surface area contributed by atoms with Crippen molar-refractivity contribution in [2.24, 2.45) is 0 Å². The Hall–Kier alpha value is -1.13. The number of hydrogen-bond acceptors (Lipinski definition) is 7. The molecule has 1 atom stereocenters. The van der Waals surface area contributed by atoms with Crippen LogP contribution in [0.5, 0.6) is 0 Å². The molecule has 150 valence electrons. The lowest BCUT2D eigenvalue weighted by Crippen LogP contribution is -2.34. The maximum Gasteiger partial charge on any atom is 0.198 e. The van der Waals surface area contributed by atoms with Gasteiger partial charge in [0.05, 0.1) is 21.8 Å². The Morgan fingerprint density at radius 1 is 1.26 bits per heavy atom. The molecule has 10 heteroatoms. The summed E-state index contributed by atoms with van der Waals surface area (Å²) in [5.41, 5.74) is 0.565. The van der Waals surface area contributed by atoms with E-state index < -0.39 is 10.9 Å². The van der Waals surface area contributed by atoms with Crippen molar-refractivity contribution >= 4 is 45.7 Å². The summed E-state index contributed by atoms with van der Waals surface area (Å²) < 4.78 is 30.0. The molecule has 0 aliphatic heterocycles.